The molecule has 3 N–H and O–H groups in total. The lowest BCUT2D eigenvalue weighted by Gasteiger charge is -2.18. The number of aromatic nitrogens is 2. The highest BCUT2D eigenvalue weighted by molar-refractivity contribution is 9.10. The lowest BCUT2D eigenvalue weighted by atomic mass is 10.0. The number of rotatable bonds is 5. The van der Waals surface area contributed by atoms with E-state index in [4.69, 9.17) is 29.0 Å². The van der Waals surface area contributed by atoms with Crippen molar-refractivity contribution in [3.8, 4) is 0 Å². The number of halogens is 3. The van der Waals surface area contributed by atoms with Crippen molar-refractivity contribution in [2.24, 2.45) is 12.9 Å². The van der Waals surface area contributed by atoms with Gasteiger partial charge < -0.3 is 0 Å². The molecule has 0 amide bonds. The van der Waals surface area contributed by atoms with Crippen molar-refractivity contribution in [1.29, 1.82) is 0 Å². The maximum Gasteiger partial charge on any atom is 0.0766 e. The molecule has 1 unspecified atom stereocenters. The molecule has 7 heteroatoms. The molecule has 1 aromatic carbocycles. The van der Waals surface area contributed by atoms with Gasteiger partial charge in [0, 0.05) is 23.5 Å². The monoisotopic (exact) mass is 390 g/mol. The van der Waals surface area contributed by atoms with Crippen LogP contribution in [0.2, 0.25) is 10.0 Å². The van der Waals surface area contributed by atoms with E-state index in [0.717, 1.165) is 27.8 Å². The zero-order valence-corrected chi connectivity index (χ0v) is 14.9. The molecule has 0 aliphatic carbocycles. The molecule has 2 rings (SSSR count). The Kier molecular flexibility index (Phi) is 5.68. The van der Waals surface area contributed by atoms with Gasteiger partial charge in [-0.3, -0.25) is 16.0 Å². The van der Waals surface area contributed by atoms with Gasteiger partial charge in [-0.25, -0.2) is 0 Å². The van der Waals surface area contributed by atoms with Crippen LogP contribution in [0.4, 0.5) is 0 Å². The highest BCUT2D eigenvalue weighted by Gasteiger charge is 2.20. The Balaban J connectivity index is 2.33. The standard InChI is InChI=1S/C14H17BrCl2N4/c1-3-11-14(15)13(21(2)20-11)7-12(19-18)9-5-4-8(16)6-10(9)17/h4-6,12,19H,3,7,18H2,1-2H3. The molecule has 0 fully saturated rings. The number of benzene rings is 1. The topological polar surface area (TPSA) is 55.9 Å². The number of nitrogens with zero attached hydrogens (tertiary/aromatic N) is 2. The van der Waals surface area contributed by atoms with Gasteiger partial charge >= 0.3 is 0 Å². The maximum atomic E-state index is 6.27. The summed E-state index contributed by atoms with van der Waals surface area (Å²) in [5.41, 5.74) is 5.83. The van der Waals surface area contributed by atoms with E-state index in [0.29, 0.717) is 16.5 Å². The Labute approximate surface area is 142 Å². The van der Waals surface area contributed by atoms with Gasteiger partial charge in [-0.15, -0.1) is 0 Å². The summed E-state index contributed by atoms with van der Waals surface area (Å²) in [6.45, 7) is 2.08. The summed E-state index contributed by atoms with van der Waals surface area (Å²) < 4.78 is 2.90. The van der Waals surface area contributed by atoms with Crippen LogP contribution in [0.5, 0.6) is 0 Å². The Morgan fingerprint density at radius 1 is 1.43 bits per heavy atom. The SMILES string of the molecule is CCc1nn(C)c(CC(NN)c2ccc(Cl)cc2Cl)c1Br. The Morgan fingerprint density at radius 2 is 2.14 bits per heavy atom. The van der Waals surface area contributed by atoms with E-state index in [1.54, 1.807) is 6.07 Å². The summed E-state index contributed by atoms with van der Waals surface area (Å²) in [4.78, 5) is 0. The molecule has 0 radical (unpaired) electrons. The lowest BCUT2D eigenvalue weighted by Crippen LogP contribution is -2.30. The van der Waals surface area contributed by atoms with Crippen LogP contribution in [0.3, 0.4) is 0 Å². The van der Waals surface area contributed by atoms with Crippen LogP contribution < -0.4 is 11.3 Å². The molecule has 1 atom stereocenters. The molecule has 2 aromatic rings. The molecule has 4 nitrogen and oxygen atoms in total. The van der Waals surface area contributed by atoms with Crippen LogP contribution in [-0.2, 0) is 19.9 Å². The number of hydrogen-bond acceptors (Lipinski definition) is 3. The van der Waals surface area contributed by atoms with Crippen molar-refractivity contribution < 1.29 is 0 Å². The van der Waals surface area contributed by atoms with E-state index >= 15 is 0 Å². The number of hydrazine groups is 1. The second-order valence-electron chi connectivity index (χ2n) is 4.77. The Morgan fingerprint density at radius 3 is 2.67 bits per heavy atom. The zero-order chi connectivity index (χ0) is 15.6. The molecule has 0 aliphatic rings. The van der Waals surface area contributed by atoms with Gasteiger partial charge in [0.25, 0.3) is 0 Å². The Bertz CT molecular complexity index is 642. The fourth-order valence-corrected chi connectivity index (χ4v) is 3.60. The fourth-order valence-electron chi connectivity index (χ4n) is 2.28. The van der Waals surface area contributed by atoms with Crippen molar-refractivity contribution in [3.63, 3.8) is 0 Å². The predicted molar refractivity (Wildman–Crippen MR) is 90.5 cm³/mol. The average Bonchev–Trinajstić information content (AvgIpc) is 2.72. The molecule has 0 aliphatic heterocycles. The summed E-state index contributed by atoms with van der Waals surface area (Å²) in [6, 6.07) is 5.30. The average molecular weight is 392 g/mol. The first kappa shape index (κ1) is 16.8. The highest BCUT2D eigenvalue weighted by Crippen LogP contribution is 2.30. The van der Waals surface area contributed by atoms with Crippen LogP contribution >= 0.6 is 39.1 Å². The van der Waals surface area contributed by atoms with E-state index in [-0.39, 0.29) is 6.04 Å². The number of hydrogen-bond donors (Lipinski definition) is 2. The predicted octanol–water partition coefficient (Wildman–Crippen LogP) is 3.80. The van der Waals surface area contributed by atoms with E-state index in [1.165, 1.54) is 0 Å². The van der Waals surface area contributed by atoms with E-state index in [9.17, 15) is 0 Å². The molecular formula is C14H17BrCl2N4. The van der Waals surface area contributed by atoms with Gasteiger partial charge in [-0.1, -0.05) is 36.2 Å². The van der Waals surface area contributed by atoms with Gasteiger partial charge in [-0.05, 0) is 40.0 Å². The number of nitrogens with one attached hydrogen (secondary N) is 1. The van der Waals surface area contributed by atoms with Gasteiger partial charge in [0.05, 0.1) is 21.9 Å². The number of nitrogens with two attached hydrogens (primary N) is 1. The second kappa shape index (κ2) is 7.11. The number of aryl methyl sites for hydroxylation is 2. The zero-order valence-electron chi connectivity index (χ0n) is 11.8. The van der Waals surface area contributed by atoms with Crippen molar-refractivity contribution in [3.05, 3.63) is 49.7 Å². The molecule has 0 spiro atoms. The molecule has 114 valence electrons. The van der Waals surface area contributed by atoms with Crippen LogP contribution in [0.25, 0.3) is 0 Å². The van der Waals surface area contributed by atoms with Crippen molar-refractivity contribution in [1.82, 2.24) is 15.2 Å². The first-order valence-electron chi connectivity index (χ1n) is 6.59. The molecule has 0 saturated carbocycles. The summed E-state index contributed by atoms with van der Waals surface area (Å²) in [5.74, 6) is 5.71. The highest BCUT2D eigenvalue weighted by atomic mass is 79.9. The van der Waals surface area contributed by atoms with E-state index in [1.807, 2.05) is 23.9 Å². The smallest absolute Gasteiger partial charge is 0.0766 e. The molecular weight excluding hydrogens is 375 g/mol. The summed E-state index contributed by atoms with van der Waals surface area (Å²) >= 11 is 15.8. The summed E-state index contributed by atoms with van der Waals surface area (Å²) in [7, 11) is 1.93. The van der Waals surface area contributed by atoms with Crippen molar-refractivity contribution in [2.75, 3.05) is 0 Å². The van der Waals surface area contributed by atoms with Crippen molar-refractivity contribution >= 4 is 39.1 Å². The van der Waals surface area contributed by atoms with Crippen LogP contribution in [0.15, 0.2) is 22.7 Å². The third-order valence-electron chi connectivity index (χ3n) is 3.44. The van der Waals surface area contributed by atoms with Crippen LogP contribution in [-0.4, -0.2) is 9.78 Å². The minimum Gasteiger partial charge on any atom is -0.271 e. The first-order chi connectivity index (χ1) is 9.97. The van der Waals surface area contributed by atoms with Gasteiger partial charge in [0.15, 0.2) is 0 Å². The third kappa shape index (κ3) is 3.60. The normalized spacial score (nSPS) is 12.7. The largest absolute Gasteiger partial charge is 0.271 e. The van der Waals surface area contributed by atoms with Gasteiger partial charge in [0.2, 0.25) is 0 Å². The third-order valence-corrected chi connectivity index (χ3v) is 4.92. The van der Waals surface area contributed by atoms with Crippen molar-refractivity contribution in [2.45, 2.75) is 25.8 Å². The molecule has 0 saturated heterocycles. The maximum absolute atomic E-state index is 6.27. The second-order valence-corrected chi connectivity index (χ2v) is 6.41. The van der Waals surface area contributed by atoms with Gasteiger partial charge in [-0.2, -0.15) is 5.10 Å². The van der Waals surface area contributed by atoms with Crippen LogP contribution in [0.1, 0.15) is 29.9 Å². The fraction of sp³-hybridized carbons (Fsp3) is 0.357. The quantitative estimate of drug-likeness (QED) is 0.602. The molecule has 21 heavy (non-hydrogen) atoms. The van der Waals surface area contributed by atoms with Crippen LogP contribution in [0, 0.1) is 0 Å². The minimum absolute atomic E-state index is 0.119. The molecule has 0 bridgehead atoms. The Hall–Kier alpha value is -0.590. The lowest BCUT2D eigenvalue weighted by molar-refractivity contribution is 0.529. The van der Waals surface area contributed by atoms with E-state index < -0.39 is 0 Å². The summed E-state index contributed by atoms with van der Waals surface area (Å²) in [6.07, 6.45) is 1.54. The van der Waals surface area contributed by atoms with E-state index in [2.05, 4.69) is 33.4 Å². The first-order valence-corrected chi connectivity index (χ1v) is 8.14. The molecule has 1 aromatic heterocycles. The minimum atomic E-state index is -0.119. The molecule has 1 heterocycles. The van der Waals surface area contributed by atoms with Gasteiger partial charge in [0.1, 0.15) is 0 Å². The summed E-state index contributed by atoms with van der Waals surface area (Å²) in [5, 5.41) is 5.70.